The highest BCUT2D eigenvalue weighted by Gasteiger charge is 2.12. The minimum atomic E-state index is -0.375. The number of hydrogen-bond donors (Lipinski definition) is 2. The largest absolute Gasteiger partial charge is 0.356 e. The first kappa shape index (κ1) is 17.9. The van der Waals surface area contributed by atoms with Crippen LogP contribution >= 0.6 is 11.3 Å². The molecule has 7 nitrogen and oxygen atoms in total. The molecule has 24 heavy (non-hydrogen) atoms. The van der Waals surface area contributed by atoms with Crippen molar-refractivity contribution in [3.63, 3.8) is 0 Å². The van der Waals surface area contributed by atoms with E-state index in [1.54, 1.807) is 36.6 Å². The molecule has 0 saturated heterocycles. The molecule has 0 saturated carbocycles. The summed E-state index contributed by atoms with van der Waals surface area (Å²) in [5, 5.41) is 18.4. The van der Waals surface area contributed by atoms with Crippen LogP contribution < -0.4 is 10.6 Å². The molecular weight excluding hydrogens is 326 g/mol. The summed E-state index contributed by atoms with van der Waals surface area (Å²) in [7, 11) is 1.67. The maximum absolute atomic E-state index is 11.0. The molecule has 0 aliphatic carbocycles. The van der Waals surface area contributed by atoms with Gasteiger partial charge in [-0.1, -0.05) is 18.2 Å². The van der Waals surface area contributed by atoms with Crippen LogP contribution in [0.5, 0.6) is 0 Å². The maximum atomic E-state index is 11.0. The zero-order valence-electron chi connectivity index (χ0n) is 14.0. The van der Waals surface area contributed by atoms with E-state index < -0.39 is 0 Å². The molecule has 0 aliphatic heterocycles. The number of rotatable bonds is 6. The smallest absolute Gasteiger partial charge is 0.274 e. The van der Waals surface area contributed by atoms with Crippen molar-refractivity contribution < 1.29 is 4.92 Å². The van der Waals surface area contributed by atoms with E-state index in [2.05, 4.69) is 27.5 Å². The van der Waals surface area contributed by atoms with Gasteiger partial charge in [0.25, 0.3) is 5.69 Å². The Balaban J connectivity index is 1.86. The summed E-state index contributed by atoms with van der Waals surface area (Å²) < 4.78 is 0. The molecule has 2 aromatic rings. The Bertz CT molecular complexity index is 722. The monoisotopic (exact) mass is 347 g/mol. The number of nitrogens with one attached hydrogen (secondary N) is 2. The molecule has 1 heterocycles. The predicted octanol–water partition coefficient (Wildman–Crippen LogP) is 2.58. The lowest BCUT2D eigenvalue weighted by molar-refractivity contribution is -0.385. The molecule has 0 unspecified atom stereocenters. The summed E-state index contributed by atoms with van der Waals surface area (Å²) in [6, 6.07) is 6.68. The third-order valence-electron chi connectivity index (χ3n) is 3.56. The molecule has 0 atom stereocenters. The molecule has 0 radical (unpaired) electrons. The molecule has 0 spiro atoms. The second-order valence-electron chi connectivity index (χ2n) is 5.24. The van der Waals surface area contributed by atoms with E-state index in [0.717, 1.165) is 17.1 Å². The van der Waals surface area contributed by atoms with Gasteiger partial charge in [0.05, 0.1) is 15.6 Å². The fourth-order valence-corrected chi connectivity index (χ4v) is 3.11. The van der Waals surface area contributed by atoms with Gasteiger partial charge >= 0.3 is 0 Å². The van der Waals surface area contributed by atoms with Crippen molar-refractivity contribution in [3.8, 4) is 0 Å². The molecule has 0 aliphatic rings. The van der Waals surface area contributed by atoms with E-state index in [9.17, 15) is 10.1 Å². The zero-order valence-corrected chi connectivity index (χ0v) is 14.8. The van der Waals surface area contributed by atoms with E-state index >= 15 is 0 Å². The van der Waals surface area contributed by atoms with Crippen LogP contribution in [-0.2, 0) is 13.0 Å². The third-order valence-corrected chi connectivity index (χ3v) is 4.69. The Hall–Kier alpha value is -2.48. The number of aliphatic imine (C=N–C) groups is 1. The topological polar surface area (TPSA) is 92.5 Å². The molecule has 0 fully saturated rings. The van der Waals surface area contributed by atoms with Gasteiger partial charge in [-0.3, -0.25) is 15.1 Å². The number of benzene rings is 1. The highest BCUT2D eigenvalue weighted by molar-refractivity contribution is 7.11. The van der Waals surface area contributed by atoms with Crippen LogP contribution in [-0.4, -0.2) is 29.5 Å². The summed E-state index contributed by atoms with van der Waals surface area (Å²) in [6.07, 6.45) is 0.811. The fourth-order valence-electron chi connectivity index (χ4n) is 2.17. The van der Waals surface area contributed by atoms with Crippen LogP contribution in [0.4, 0.5) is 5.69 Å². The van der Waals surface area contributed by atoms with E-state index in [1.165, 1.54) is 10.9 Å². The van der Waals surface area contributed by atoms with Crippen LogP contribution in [0.25, 0.3) is 0 Å². The normalized spacial score (nSPS) is 11.4. The van der Waals surface area contributed by atoms with Gasteiger partial charge < -0.3 is 10.6 Å². The van der Waals surface area contributed by atoms with Gasteiger partial charge in [-0.15, -0.1) is 11.3 Å². The van der Waals surface area contributed by atoms with Gasteiger partial charge in [0.15, 0.2) is 5.96 Å². The number of thiazole rings is 1. The van der Waals surface area contributed by atoms with E-state index in [0.29, 0.717) is 24.6 Å². The Kier molecular flexibility index (Phi) is 6.25. The molecule has 1 aromatic carbocycles. The van der Waals surface area contributed by atoms with Gasteiger partial charge in [0.1, 0.15) is 0 Å². The fraction of sp³-hybridized carbons (Fsp3) is 0.375. The van der Waals surface area contributed by atoms with Gasteiger partial charge in [0, 0.05) is 43.1 Å². The second-order valence-corrected chi connectivity index (χ2v) is 6.53. The molecule has 2 N–H and O–H groups in total. The lowest BCUT2D eigenvalue weighted by Gasteiger charge is -2.11. The van der Waals surface area contributed by atoms with Crippen LogP contribution in [0.1, 0.15) is 21.1 Å². The summed E-state index contributed by atoms with van der Waals surface area (Å²) in [5.74, 6) is 0.609. The average molecular weight is 347 g/mol. The molecular formula is C16H21N5O2S. The summed E-state index contributed by atoms with van der Waals surface area (Å²) in [6.45, 7) is 5.11. The van der Waals surface area contributed by atoms with Gasteiger partial charge in [-0.05, 0) is 13.8 Å². The number of hydrogen-bond acceptors (Lipinski definition) is 5. The van der Waals surface area contributed by atoms with E-state index in [1.807, 2.05) is 6.92 Å². The molecule has 0 amide bonds. The first-order valence-corrected chi connectivity index (χ1v) is 8.42. The van der Waals surface area contributed by atoms with Crippen LogP contribution in [0.2, 0.25) is 0 Å². The summed E-state index contributed by atoms with van der Waals surface area (Å²) in [4.78, 5) is 20.5. The first-order valence-electron chi connectivity index (χ1n) is 7.61. The molecule has 2 rings (SSSR count). The van der Waals surface area contributed by atoms with Crippen molar-refractivity contribution >= 4 is 23.0 Å². The Morgan fingerprint density at radius 2 is 2.08 bits per heavy atom. The predicted molar refractivity (Wildman–Crippen MR) is 96.6 cm³/mol. The van der Waals surface area contributed by atoms with Gasteiger partial charge in [-0.25, -0.2) is 4.98 Å². The van der Waals surface area contributed by atoms with Crippen molar-refractivity contribution in [1.29, 1.82) is 0 Å². The summed E-state index contributed by atoms with van der Waals surface area (Å²) >= 11 is 1.70. The molecule has 8 heteroatoms. The highest BCUT2D eigenvalue weighted by atomic mass is 32.1. The number of guanidine groups is 1. The van der Waals surface area contributed by atoms with Crippen molar-refractivity contribution in [2.45, 2.75) is 26.8 Å². The van der Waals surface area contributed by atoms with Crippen molar-refractivity contribution in [3.05, 3.63) is 55.5 Å². The lowest BCUT2D eigenvalue weighted by Crippen LogP contribution is -2.37. The number of aromatic nitrogens is 1. The first-order chi connectivity index (χ1) is 11.5. The van der Waals surface area contributed by atoms with E-state index in [4.69, 9.17) is 0 Å². The van der Waals surface area contributed by atoms with Crippen molar-refractivity contribution in [2.24, 2.45) is 4.99 Å². The number of nitrogens with zero attached hydrogens (tertiary/aromatic N) is 3. The van der Waals surface area contributed by atoms with Gasteiger partial charge in [-0.2, -0.15) is 0 Å². The average Bonchev–Trinajstić information content (AvgIpc) is 2.89. The van der Waals surface area contributed by atoms with Crippen molar-refractivity contribution in [1.82, 2.24) is 15.6 Å². The Labute approximate surface area is 145 Å². The number of nitro groups is 1. The maximum Gasteiger partial charge on any atom is 0.274 e. The van der Waals surface area contributed by atoms with Crippen LogP contribution in [0, 0.1) is 24.0 Å². The Morgan fingerprint density at radius 1 is 1.33 bits per heavy atom. The Morgan fingerprint density at radius 3 is 2.71 bits per heavy atom. The summed E-state index contributed by atoms with van der Waals surface area (Å²) in [5.41, 5.74) is 1.81. The van der Waals surface area contributed by atoms with Gasteiger partial charge in [0.2, 0.25) is 0 Å². The molecule has 0 bridgehead atoms. The minimum Gasteiger partial charge on any atom is -0.356 e. The number of para-hydroxylation sites is 1. The minimum absolute atomic E-state index is 0.106. The highest BCUT2D eigenvalue weighted by Crippen LogP contribution is 2.17. The van der Waals surface area contributed by atoms with Crippen molar-refractivity contribution in [2.75, 3.05) is 13.6 Å². The van der Waals surface area contributed by atoms with E-state index in [-0.39, 0.29) is 10.6 Å². The third kappa shape index (κ3) is 4.76. The standard InChI is InChI=1S/C16H21N5O2S/c1-11-12(2)24-15(20-11)8-9-18-16(17-3)19-10-13-6-4-5-7-14(13)21(22)23/h4-7H,8-10H2,1-3H3,(H2,17,18,19). The molecule has 128 valence electrons. The SMILES string of the molecule is CN=C(NCCc1nc(C)c(C)s1)NCc1ccccc1[N+](=O)[O-]. The van der Waals surface area contributed by atoms with Crippen LogP contribution in [0.3, 0.4) is 0 Å². The lowest BCUT2D eigenvalue weighted by atomic mass is 10.2. The second kappa shape index (κ2) is 8.39. The number of aryl methyl sites for hydroxylation is 2. The van der Waals surface area contributed by atoms with Crippen LogP contribution in [0.15, 0.2) is 29.3 Å². The zero-order chi connectivity index (χ0) is 17.5. The quantitative estimate of drug-likeness (QED) is 0.363. The number of nitro benzene ring substituents is 1. The molecule has 1 aromatic heterocycles.